The van der Waals surface area contributed by atoms with Crippen molar-refractivity contribution < 1.29 is 9.50 Å². The second-order valence-corrected chi connectivity index (χ2v) is 5.13. The molecule has 94 valence electrons. The van der Waals surface area contributed by atoms with E-state index in [4.69, 9.17) is 11.6 Å². The van der Waals surface area contributed by atoms with Crippen LogP contribution in [0.1, 0.15) is 17.2 Å². The van der Waals surface area contributed by atoms with Crippen LogP contribution in [-0.4, -0.2) is 11.4 Å². The van der Waals surface area contributed by atoms with Crippen LogP contribution in [0.25, 0.3) is 0 Å². The number of hydrogen-bond acceptors (Lipinski definition) is 2. The summed E-state index contributed by atoms with van der Waals surface area (Å²) >= 11 is 7.59. The average Bonchev–Trinajstić information content (AvgIpc) is 2.41. The van der Waals surface area contributed by atoms with Crippen LogP contribution < -0.4 is 0 Å². The molecule has 2 aromatic carbocycles. The van der Waals surface area contributed by atoms with Crippen LogP contribution in [0, 0.1) is 5.82 Å². The van der Waals surface area contributed by atoms with E-state index in [0.717, 1.165) is 4.90 Å². The Balaban J connectivity index is 2.34. The first kappa shape index (κ1) is 13.4. The van der Waals surface area contributed by atoms with E-state index in [1.54, 1.807) is 11.8 Å². The van der Waals surface area contributed by atoms with Gasteiger partial charge in [0.05, 0.1) is 0 Å². The number of rotatable bonds is 3. The monoisotopic (exact) mass is 282 g/mol. The van der Waals surface area contributed by atoms with Crippen molar-refractivity contribution in [3.63, 3.8) is 0 Å². The van der Waals surface area contributed by atoms with Gasteiger partial charge in [0.2, 0.25) is 0 Å². The summed E-state index contributed by atoms with van der Waals surface area (Å²) in [7, 11) is 0. The molecule has 1 N–H and O–H groups in total. The molecule has 4 heteroatoms. The van der Waals surface area contributed by atoms with Crippen molar-refractivity contribution >= 4 is 23.4 Å². The van der Waals surface area contributed by atoms with Gasteiger partial charge in [-0.1, -0.05) is 23.7 Å². The summed E-state index contributed by atoms with van der Waals surface area (Å²) in [6.45, 7) is 0. The normalized spacial score (nSPS) is 12.4. The van der Waals surface area contributed by atoms with Crippen molar-refractivity contribution in [3.05, 3.63) is 64.4 Å². The summed E-state index contributed by atoms with van der Waals surface area (Å²) in [6.07, 6.45) is 1.07. The first-order valence-corrected chi connectivity index (χ1v) is 6.99. The maximum atomic E-state index is 13.2. The van der Waals surface area contributed by atoms with Crippen molar-refractivity contribution in [1.29, 1.82) is 0 Å². The average molecular weight is 283 g/mol. The van der Waals surface area contributed by atoms with Crippen LogP contribution >= 0.6 is 23.4 Å². The summed E-state index contributed by atoms with van der Waals surface area (Å²) in [4.78, 5) is 1.11. The van der Waals surface area contributed by atoms with Gasteiger partial charge in [0, 0.05) is 15.5 Å². The Morgan fingerprint density at radius 2 is 1.83 bits per heavy atom. The van der Waals surface area contributed by atoms with Gasteiger partial charge in [-0.05, 0) is 42.2 Å². The van der Waals surface area contributed by atoms with E-state index >= 15 is 0 Å². The van der Waals surface area contributed by atoms with Gasteiger partial charge in [-0.25, -0.2) is 4.39 Å². The molecule has 1 atom stereocenters. The Hall–Kier alpha value is -1.03. The number of halogens is 2. The molecule has 0 aliphatic heterocycles. The number of benzene rings is 2. The molecule has 0 amide bonds. The highest BCUT2D eigenvalue weighted by Gasteiger charge is 2.14. The van der Waals surface area contributed by atoms with Crippen molar-refractivity contribution in [1.82, 2.24) is 0 Å². The Morgan fingerprint density at radius 1 is 1.17 bits per heavy atom. The summed E-state index contributed by atoms with van der Waals surface area (Å²) in [5.74, 6) is -0.408. The Morgan fingerprint density at radius 3 is 2.44 bits per heavy atom. The SMILES string of the molecule is CSc1ccc(C(O)c2cc(F)ccc2Cl)cc1. The quantitative estimate of drug-likeness (QED) is 0.848. The largest absolute Gasteiger partial charge is 0.384 e. The molecular formula is C14H12ClFOS. The second-order valence-electron chi connectivity index (χ2n) is 3.84. The fraction of sp³-hybridized carbons (Fsp3) is 0.143. The van der Waals surface area contributed by atoms with E-state index in [1.807, 2.05) is 30.5 Å². The highest BCUT2D eigenvalue weighted by atomic mass is 35.5. The van der Waals surface area contributed by atoms with Crippen LogP contribution in [0.2, 0.25) is 5.02 Å². The maximum absolute atomic E-state index is 13.2. The molecular weight excluding hydrogens is 271 g/mol. The lowest BCUT2D eigenvalue weighted by Gasteiger charge is -2.13. The van der Waals surface area contributed by atoms with E-state index < -0.39 is 11.9 Å². The Bertz CT molecular complexity index is 542. The summed E-state index contributed by atoms with van der Waals surface area (Å²) in [5.41, 5.74) is 1.08. The van der Waals surface area contributed by atoms with Gasteiger partial charge in [0.25, 0.3) is 0 Å². The third-order valence-electron chi connectivity index (χ3n) is 2.68. The fourth-order valence-electron chi connectivity index (χ4n) is 1.69. The zero-order valence-electron chi connectivity index (χ0n) is 9.73. The molecule has 0 aliphatic carbocycles. The van der Waals surface area contributed by atoms with Crippen LogP contribution in [0.4, 0.5) is 4.39 Å². The minimum Gasteiger partial charge on any atom is -0.384 e. The van der Waals surface area contributed by atoms with Gasteiger partial charge in [0.15, 0.2) is 0 Å². The number of hydrogen-bond donors (Lipinski definition) is 1. The first-order valence-electron chi connectivity index (χ1n) is 5.39. The Labute approximate surface area is 115 Å². The Kier molecular flexibility index (Phi) is 4.27. The fourth-order valence-corrected chi connectivity index (χ4v) is 2.32. The topological polar surface area (TPSA) is 20.2 Å². The molecule has 2 rings (SSSR count). The summed E-state index contributed by atoms with van der Waals surface area (Å²) in [6, 6.07) is 11.4. The molecule has 1 nitrogen and oxygen atoms in total. The third kappa shape index (κ3) is 2.86. The predicted molar refractivity (Wildman–Crippen MR) is 73.7 cm³/mol. The predicted octanol–water partition coefficient (Wildman–Crippen LogP) is 4.28. The van der Waals surface area contributed by atoms with Crippen LogP contribution in [0.5, 0.6) is 0 Å². The standard InChI is InChI=1S/C14H12ClFOS/c1-18-11-5-2-9(3-6-11)14(17)12-8-10(16)4-7-13(12)15/h2-8,14,17H,1H3. The minimum absolute atomic E-state index is 0.359. The highest BCUT2D eigenvalue weighted by Crippen LogP contribution is 2.29. The summed E-state index contributed by atoms with van der Waals surface area (Å²) in [5, 5.41) is 10.6. The first-order chi connectivity index (χ1) is 8.61. The van der Waals surface area contributed by atoms with E-state index in [2.05, 4.69) is 0 Å². The molecule has 0 aliphatic rings. The smallest absolute Gasteiger partial charge is 0.123 e. The van der Waals surface area contributed by atoms with E-state index in [-0.39, 0.29) is 0 Å². The maximum Gasteiger partial charge on any atom is 0.123 e. The van der Waals surface area contributed by atoms with Crippen molar-refractivity contribution in [3.8, 4) is 0 Å². The second kappa shape index (κ2) is 5.74. The number of aliphatic hydroxyl groups is 1. The zero-order valence-corrected chi connectivity index (χ0v) is 11.3. The van der Waals surface area contributed by atoms with Gasteiger partial charge in [-0.3, -0.25) is 0 Å². The molecule has 1 unspecified atom stereocenters. The molecule has 0 spiro atoms. The van der Waals surface area contributed by atoms with E-state index in [0.29, 0.717) is 16.1 Å². The molecule has 0 heterocycles. The number of thioether (sulfide) groups is 1. The third-order valence-corrected chi connectivity index (χ3v) is 3.77. The molecule has 0 aromatic heterocycles. The van der Waals surface area contributed by atoms with Gasteiger partial charge in [-0.15, -0.1) is 11.8 Å². The molecule has 0 bridgehead atoms. The lowest BCUT2D eigenvalue weighted by atomic mass is 10.0. The molecule has 18 heavy (non-hydrogen) atoms. The van der Waals surface area contributed by atoms with Gasteiger partial charge in [-0.2, -0.15) is 0 Å². The van der Waals surface area contributed by atoms with Crippen molar-refractivity contribution in [2.24, 2.45) is 0 Å². The van der Waals surface area contributed by atoms with Crippen LogP contribution in [-0.2, 0) is 0 Å². The molecule has 0 radical (unpaired) electrons. The van der Waals surface area contributed by atoms with Gasteiger partial charge in [0.1, 0.15) is 11.9 Å². The van der Waals surface area contributed by atoms with Crippen molar-refractivity contribution in [2.75, 3.05) is 6.26 Å². The summed E-state index contributed by atoms with van der Waals surface area (Å²) < 4.78 is 13.2. The minimum atomic E-state index is -0.913. The molecule has 2 aromatic rings. The van der Waals surface area contributed by atoms with Crippen LogP contribution in [0.15, 0.2) is 47.4 Å². The van der Waals surface area contributed by atoms with E-state index in [9.17, 15) is 9.50 Å². The molecule has 0 saturated heterocycles. The lowest BCUT2D eigenvalue weighted by Crippen LogP contribution is -2.01. The van der Waals surface area contributed by atoms with Crippen LogP contribution in [0.3, 0.4) is 0 Å². The van der Waals surface area contributed by atoms with E-state index in [1.165, 1.54) is 18.2 Å². The molecule has 0 fully saturated rings. The number of aliphatic hydroxyl groups excluding tert-OH is 1. The van der Waals surface area contributed by atoms with Gasteiger partial charge >= 0.3 is 0 Å². The lowest BCUT2D eigenvalue weighted by molar-refractivity contribution is 0.220. The highest BCUT2D eigenvalue weighted by molar-refractivity contribution is 7.98. The van der Waals surface area contributed by atoms with Gasteiger partial charge < -0.3 is 5.11 Å². The zero-order chi connectivity index (χ0) is 13.1. The van der Waals surface area contributed by atoms with Crippen molar-refractivity contribution in [2.45, 2.75) is 11.0 Å². The molecule has 0 saturated carbocycles.